The maximum Gasteiger partial charge on any atom is 0.224 e. The molecule has 1 aromatic rings. The molecule has 1 saturated heterocycles. The molecule has 1 heterocycles. The largest absolute Gasteiger partial charge is 0.376 e. The average Bonchev–Trinajstić information content (AvgIpc) is 2.84. The molecule has 0 saturated carbocycles. The summed E-state index contributed by atoms with van der Waals surface area (Å²) in [5, 5.41) is 2.98. The summed E-state index contributed by atoms with van der Waals surface area (Å²) in [7, 11) is 0. The van der Waals surface area contributed by atoms with Crippen molar-refractivity contribution in [2.24, 2.45) is 0 Å². The van der Waals surface area contributed by atoms with Gasteiger partial charge in [-0.05, 0) is 50.3 Å². The maximum absolute atomic E-state index is 12.0. The van der Waals surface area contributed by atoms with Crippen LogP contribution in [0.3, 0.4) is 0 Å². The summed E-state index contributed by atoms with van der Waals surface area (Å²) >= 11 is 0. The van der Waals surface area contributed by atoms with Crippen LogP contribution in [0, 0.1) is 20.8 Å². The molecule has 1 fully saturated rings. The van der Waals surface area contributed by atoms with E-state index in [1.165, 1.54) is 16.7 Å². The second kappa shape index (κ2) is 6.20. The number of hydrogen-bond acceptors (Lipinski definition) is 2. The topological polar surface area (TPSA) is 38.3 Å². The van der Waals surface area contributed by atoms with Crippen LogP contribution in [0.5, 0.6) is 0 Å². The van der Waals surface area contributed by atoms with Crippen LogP contribution in [0.1, 0.15) is 35.1 Å². The van der Waals surface area contributed by atoms with Crippen molar-refractivity contribution in [1.82, 2.24) is 5.32 Å². The Bertz CT molecular complexity index is 439. The normalized spacial score (nSPS) is 18.6. The van der Waals surface area contributed by atoms with Gasteiger partial charge in [-0.2, -0.15) is 0 Å². The number of hydrogen-bond donors (Lipinski definition) is 1. The summed E-state index contributed by atoms with van der Waals surface area (Å²) in [6.45, 7) is 7.70. The van der Waals surface area contributed by atoms with Gasteiger partial charge in [-0.15, -0.1) is 0 Å². The summed E-state index contributed by atoms with van der Waals surface area (Å²) in [5.41, 5.74) is 4.79. The SMILES string of the molecule is Cc1cc(C)c(CC(=O)NCC2CCCO2)c(C)c1. The van der Waals surface area contributed by atoms with Crippen molar-refractivity contribution in [3.05, 3.63) is 34.4 Å². The van der Waals surface area contributed by atoms with Crippen molar-refractivity contribution in [1.29, 1.82) is 0 Å². The van der Waals surface area contributed by atoms with Gasteiger partial charge in [0.15, 0.2) is 0 Å². The molecule has 19 heavy (non-hydrogen) atoms. The van der Waals surface area contributed by atoms with E-state index in [1.807, 2.05) is 0 Å². The van der Waals surface area contributed by atoms with E-state index in [0.717, 1.165) is 25.0 Å². The summed E-state index contributed by atoms with van der Waals surface area (Å²) in [4.78, 5) is 12.0. The first-order valence-electron chi connectivity index (χ1n) is 7.01. The van der Waals surface area contributed by atoms with Crippen LogP contribution in [0.4, 0.5) is 0 Å². The van der Waals surface area contributed by atoms with Crippen LogP contribution in [0.2, 0.25) is 0 Å². The molecular formula is C16H23NO2. The minimum atomic E-state index is 0.0885. The molecule has 1 aromatic carbocycles. The molecular weight excluding hydrogens is 238 g/mol. The second-order valence-electron chi connectivity index (χ2n) is 5.49. The molecule has 1 N–H and O–H groups in total. The number of nitrogens with one attached hydrogen (secondary N) is 1. The van der Waals surface area contributed by atoms with Crippen molar-refractivity contribution in [2.45, 2.75) is 46.1 Å². The fraction of sp³-hybridized carbons (Fsp3) is 0.562. The quantitative estimate of drug-likeness (QED) is 0.904. The van der Waals surface area contributed by atoms with Crippen LogP contribution in [0.25, 0.3) is 0 Å². The minimum absolute atomic E-state index is 0.0885. The Hall–Kier alpha value is -1.35. The minimum Gasteiger partial charge on any atom is -0.376 e. The van der Waals surface area contributed by atoms with E-state index in [1.54, 1.807) is 0 Å². The molecule has 1 atom stereocenters. The Morgan fingerprint density at radius 2 is 2.00 bits per heavy atom. The van der Waals surface area contributed by atoms with Crippen LogP contribution < -0.4 is 5.32 Å². The summed E-state index contributed by atoms with van der Waals surface area (Å²) < 4.78 is 5.50. The first-order valence-corrected chi connectivity index (χ1v) is 7.01. The van der Waals surface area contributed by atoms with E-state index in [2.05, 4.69) is 38.2 Å². The molecule has 1 amide bonds. The van der Waals surface area contributed by atoms with Crippen molar-refractivity contribution in [3.63, 3.8) is 0 Å². The first kappa shape index (κ1) is 14.1. The number of aryl methyl sites for hydroxylation is 3. The highest BCUT2D eigenvalue weighted by molar-refractivity contribution is 5.79. The third-order valence-corrected chi connectivity index (χ3v) is 3.73. The third kappa shape index (κ3) is 3.80. The van der Waals surface area contributed by atoms with Crippen LogP contribution in [-0.2, 0) is 16.0 Å². The highest BCUT2D eigenvalue weighted by Gasteiger charge is 2.16. The molecule has 0 radical (unpaired) electrons. The maximum atomic E-state index is 12.0. The molecule has 1 unspecified atom stereocenters. The highest BCUT2D eigenvalue weighted by atomic mass is 16.5. The molecule has 3 nitrogen and oxygen atoms in total. The Balaban J connectivity index is 1.91. The molecule has 1 aliphatic rings. The average molecular weight is 261 g/mol. The predicted molar refractivity (Wildman–Crippen MR) is 76.3 cm³/mol. The van der Waals surface area contributed by atoms with Gasteiger partial charge in [0, 0.05) is 13.2 Å². The lowest BCUT2D eigenvalue weighted by molar-refractivity contribution is -0.120. The second-order valence-corrected chi connectivity index (χ2v) is 5.49. The number of carbonyl (C=O) groups excluding carboxylic acids is 1. The predicted octanol–water partition coefficient (Wildman–Crippen LogP) is 2.45. The lowest BCUT2D eigenvalue weighted by Crippen LogP contribution is -2.33. The zero-order valence-corrected chi connectivity index (χ0v) is 12.1. The molecule has 2 rings (SSSR count). The van der Waals surface area contributed by atoms with E-state index in [-0.39, 0.29) is 12.0 Å². The molecule has 0 aliphatic carbocycles. The van der Waals surface area contributed by atoms with E-state index < -0.39 is 0 Å². The van der Waals surface area contributed by atoms with Gasteiger partial charge in [0.2, 0.25) is 5.91 Å². The van der Waals surface area contributed by atoms with E-state index in [4.69, 9.17) is 4.74 Å². The first-order chi connectivity index (χ1) is 9.06. The van der Waals surface area contributed by atoms with Gasteiger partial charge in [-0.25, -0.2) is 0 Å². The lowest BCUT2D eigenvalue weighted by atomic mass is 9.97. The van der Waals surface area contributed by atoms with Crippen LogP contribution in [0.15, 0.2) is 12.1 Å². The Morgan fingerprint density at radius 1 is 1.32 bits per heavy atom. The fourth-order valence-corrected chi connectivity index (χ4v) is 2.74. The van der Waals surface area contributed by atoms with Crippen LogP contribution >= 0.6 is 0 Å². The van der Waals surface area contributed by atoms with Gasteiger partial charge >= 0.3 is 0 Å². The summed E-state index contributed by atoms with van der Waals surface area (Å²) in [6.07, 6.45) is 2.84. The van der Waals surface area contributed by atoms with Gasteiger partial charge in [0.05, 0.1) is 12.5 Å². The number of benzene rings is 1. The zero-order valence-electron chi connectivity index (χ0n) is 12.1. The number of rotatable bonds is 4. The van der Waals surface area contributed by atoms with Crippen molar-refractivity contribution >= 4 is 5.91 Å². The molecule has 0 aromatic heterocycles. The number of ether oxygens (including phenoxy) is 1. The zero-order chi connectivity index (χ0) is 13.8. The monoisotopic (exact) mass is 261 g/mol. The van der Waals surface area contributed by atoms with Gasteiger partial charge < -0.3 is 10.1 Å². The summed E-state index contributed by atoms with van der Waals surface area (Å²) in [5.74, 6) is 0.0885. The molecule has 104 valence electrons. The van der Waals surface area contributed by atoms with Gasteiger partial charge in [-0.1, -0.05) is 17.7 Å². The Labute approximate surface area is 115 Å². The molecule has 0 spiro atoms. The highest BCUT2D eigenvalue weighted by Crippen LogP contribution is 2.17. The molecule has 3 heteroatoms. The van der Waals surface area contributed by atoms with Gasteiger partial charge in [0.25, 0.3) is 0 Å². The standard InChI is InChI=1S/C16H23NO2/c1-11-7-12(2)15(13(3)8-11)9-16(18)17-10-14-5-4-6-19-14/h7-8,14H,4-6,9-10H2,1-3H3,(H,17,18). The Morgan fingerprint density at radius 3 is 2.58 bits per heavy atom. The lowest BCUT2D eigenvalue weighted by Gasteiger charge is -2.13. The van der Waals surface area contributed by atoms with E-state index in [9.17, 15) is 4.79 Å². The van der Waals surface area contributed by atoms with Crippen molar-refractivity contribution in [3.8, 4) is 0 Å². The van der Waals surface area contributed by atoms with Crippen molar-refractivity contribution < 1.29 is 9.53 Å². The molecule has 0 bridgehead atoms. The Kier molecular flexibility index (Phi) is 4.59. The number of carbonyl (C=O) groups is 1. The summed E-state index contributed by atoms with van der Waals surface area (Å²) in [6, 6.07) is 4.27. The van der Waals surface area contributed by atoms with Crippen LogP contribution in [-0.4, -0.2) is 25.2 Å². The fourth-order valence-electron chi connectivity index (χ4n) is 2.74. The van der Waals surface area contributed by atoms with E-state index >= 15 is 0 Å². The third-order valence-electron chi connectivity index (χ3n) is 3.73. The van der Waals surface area contributed by atoms with Gasteiger partial charge in [0.1, 0.15) is 0 Å². The molecule has 1 aliphatic heterocycles. The van der Waals surface area contributed by atoms with Gasteiger partial charge in [-0.3, -0.25) is 4.79 Å². The van der Waals surface area contributed by atoms with E-state index in [0.29, 0.717) is 13.0 Å². The van der Waals surface area contributed by atoms with Crippen molar-refractivity contribution in [2.75, 3.05) is 13.2 Å². The smallest absolute Gasteiger partial charge is 0.224 e. The number of amides is 1.